The van der Waals surface area contributed by atoms with Gasteiger partial charge in [0.2, 0.25) is 11.8 Å². The van der Waals surface area contributed by atoms with E-state index in [4.69, 9.17) is 4.74 Å². The van der Waals surface area contributed by atoms with E-state index in [2.05, 4.69) is 10.3 Å². The minimum atomic E-state index is -0.0416. The van der Waals surface area contributed by atoms with Crippen molar-refractivity contribution in [2.45, 2.75) is 12.5 Å². The maximum atomic E-state index is 12.1. The van der Waals surface area contributed by atoms with E-state index in [1.807, 2.05) is 37.4 Å². The molecule has 0 saturated carbocycles. The minimum Gasteiger partial charge on any atom is -0.481 e. The van der Waals surface area contributed by atoms with Crippen LogP contribution in [0.3, 0.4) is 0 Å². The van der Waals surface area contributed by atoms with Gasteiger partial charge in [0.15, 0.2) is 0 Å². The first-order valence-corrected chi connectivity index (χ1v) is 6.81. The molecule has 1 unspecified atom stereocenters. The molecule has 108 valence electrons. The highest BCUT2D eigenvalue weighted by Crippen LogP contribution is 2.35. The first-order valence-electron chi connectivity index (χ1n) is 6.81. The number of nitrogens with zero attached hydrogens (tertiary/aromatic N) is 2. The molecule has 0 bridgehead atoms. The summed E-state index contributed by atoms with van der Waals surface area (Å²) in [5.41, 5.74) is 2.94. The van der Waals surface area contributed by atoms with Crippen LogP contribution in [0.15, 0.2) is 42.6 Å². The predicted molar refractivity (Wildman–Crippen MR) is 81.6 cm³/mol. The first-order chi connectivity index (χ1) is 10.2. The SMILES string of the molecule is COc1ccc(NC2CC(=O)N(C)c3ccccc32)cn1. The number of ether oxygens (including phenoxy) is 1. The molecule has 0 radical (unpaired) electrons. The van der Waals surface area contributed by atoms with Crippen molar-refractivity contribution in [1.29, 1.82) is 0 Å². The third-order valence-electron chi connectivity index (χ3n) is 3.71. The molecule has 1 aliphatic heterocycles. The summed E-state index contributed by atoms with van der Waals surface area (Å²) in [6, 6.07) is 11.6. The molecular formula is C16H17N3O2. The van der Waals surface area contributed by atoms with E-state index in [0.29, 0.717) is 12.3 Å². The Kier molecular flexibility index (Phi) is 3.48. The second kappa shape index (κ2) is 5.44. The summed E-state index contributed by atoms with van der Waals surface area (Å²) in [7, 11) is 3.40. The lowest BCUT2D eigenvalue weighted by atomic mass is 9.96. The maximum Gasteiger partial charge on any atom is 0.229 e. The van der Waals surface area contributed by atoms with E-state index in [-0.39, 0.29) is 11.9 Å². The lowest BCUT2D eigenvalue weighted by Crippen LogP contribution is -2.35. The van der Waals surface area contributed by atoms with Crippen LogP contribution in [0.2, 0.25) is 0 Å². The molecule has 1 aromatic carbocycles. The predicted octanol–water partition coefficient (Wildman–Crippen LogP) is 2.61. The van der Waals surface area contributed by atoms with Crippen LogP contribution < -0.4 is 15.0 Å². The molecule has 1 amide bonds. The van der Waals surface area contributed by atoms with Crippen LogP contribution in [0.1, 0.15) is 18.0 Å². The lowest BCUT2D eigenvalue weighted by molar-refractivity contribution is -0.118. The first kappa shape index (κ1) is 13.4. The van der Waals surface area contributed by atoms with E-state index >= 15 is 0 Å². The van der Waals surface area contributed by atoms with E-state index in [0.717, 1.165) is 16.9 Å². The van der Waals surface area contributed by atoms with Crippen LogP contribution in [-0.4, -0.2) is 25.0 Å². The van der Waals surface area contributed by atoms with E-state index in [1.165, 1.54) is 0 Å². The Bertz CT molecular complexity index is 655. The fourth-order valence-corrected chi connectivity index (χ4v) is 2.56. The van der Waals surface area contributed by atoms with Crippen molar-refractivity contribution in [3.63, 3.8) is 0 Å². The van der Waals surface area contributed by atoms with Crippen LogP contribution in [0.5, 0.6) is 5.88 Å². The summed E-state index contributed by atoms with van der Waals surface area (Å²) >= 11 is 0. The number of fused-ring (bicyclic) bond motifs is 1. The molecule has 3 rings (SSSR count). The van der Waals surface area contributed by atoms with Gasteiger partial charge in [0.25, 0.3) is 0 Å². The summed E-state index contributed by atoms with van der Waals surface area (Å²) in [5, 5.41) is 3.37. The topological polar surface area (TPSA) is 54.5 Å². The Morgan fingerprint density at radius 3 is 2.81 bits per heavy atom. The Morgan fingerprint density at radius 2 is 2.10 bits per heavy atom. The summed E-state index contributed by atoms with van der Waals surface area (Å²) in [6.07, 6.45) is 2.14. The van der Waals surface area contributed by atoms with Crippen LogP contribution in [0, 0.1) is 0 Å². The molecule has 0 saturated heterocycles. The number of hydrogen-bond donors (Lipinski definition) is 1. The zero-order valence-electron chi connectivity index (χ0n) is 12.0. The number of aromatic nitrogens is 1. The zero-order chi connectivity index (χ0) is 14.8. The van der Waals surface area contributed by atoms with Gasteiger partial charge in [-0.2, -0.15) is 0 Å². The van der Waals surface area contributed by atoms with Crippen molar-refractivity contribution in [3.8, 4) is 5.88 Å². The number of carbonyl (C=O) groups excluding carboxylic acids is 1. The van der Waals surface area contributed by atoms with E-state index < -0.39 is 0 Å². The summed E-state index contributed by atoms with van der Waals surface area (Å²) in [5.74, 6) is 0.674. The van der Waals surface area contributed by atoms with Gasteiger partial charge < -0.3 is 15.0 Å². The Labute approximate surface area is 123 Å². The maximum absolute atomic E-state index is 12.1. The van der Waals surface area contributed by atoms with Gasteiger partial charge in [0.1, 0.15) is 0 Å². The number of anilines is 2. The fraction of sp³-hybridized carbons (Fsp3) is 0.250. The van der Waals surface area contributed by atoms with Gasteiger partial charge in [-0.25, -0.2) is 4.98 Å². The Hall–Kier alpha value is -2.56. The van der Waals surface area contributed by atoms with Gasteiger partial charge in [-0.1, -0.05) is 18.2 Å². The molecular weight excluding hydrogens is 266 g/mol. The van der Waals surface area contributed by atoms with Gasteiger partial charge in [-0.15, -0.1) is 0 Å². The van der Waals surface area contributed by atoms with Crippen molar-refractivity contribution in [2.24, 2.45) is 0 Å². The molecule has 0 aliphatic carbocycles. The highest BCUT2D eigenvalue weighted by molar-refractivity contribution is 5.97. The number of nitrogens with one attached hydrogen (secondary N) is 1. The summed E-state index contributed by atoms with van der Waals surface area (Å²) < 4.78 is 5.05. The van der Waals surface area contributed by atoms with Crippen molar-refractivity contribution >= 4 is 17.3 Å². The fourth-order valence-electron chi connectivity index (χ4n) is 2.56. The number of amides is 1. The second-order valence-corrected chi connectivity index (χ2v) is 5.00. The second-order valence-electron chi connectivity index (χ2n) is 5.00. The molecule has 0 spiro atoms. The molecule has 2 heterocycles. The molecule has 1 aromatic heterocycles. The number of pyridine rings is 1. The Morgan fingerprint density at radius 1 is 1.29 bits per heavy atom. The number of benzene rings is 1. The van der Waals surface area contributed by atoms with Gasteiger partial charge in [-0.3, -0.25) is 4.79 Å². The van der Waals surface area contributed by atoms with Gasteiger partial charge in [0.05, 0.1) is 31.5 Å². The zero-order valence-corrected chi connectivity index (χ0v) is 12.0. The third-order valence-corrected chi connectivity index (χ3v) is 3.71. The van der Waals surface area contributed by atoms with E-state index in [1.54, 1.807) is 24.3 Å². The molecule has 5 nitrogen and oxygen atoms in total. The molecule has 1 N–H and O–H groups in total. The monoisotopic (exact) mass is 283 g/mol. The molecule has 2 aromatic rings. The minimum absolute atomic E-state index is 0.0416. The lowest BCUT2D eigenvalue weighted by Gasteiger charge is -2.32. The number of carbonyl (C=O) groups is 1. The van der Waals surface area contributed by atoms with Crippen molar-refractivity contribution < 1.29 is 9.53 Å². The summed E-state index contributed by atoms with van der Waals surface area (Å²) in [4.78, 5) is 18.0. The average Bonchev–Trinajstić information content (AvgIpc) is 2.53. The van der Waals surface area contributed by atoms with Crippen LogP contribution >= 0.6 is 0 Å². The molecule has 0 fully saturated rings. The quantitative estimate of drug-likeness (QED) is 0.940. The van der Waals surface area contributed by atoms with Gasteiger partial charge >= 0.3 is 0 Å². The third kappa shape index (κ3) is 2.54. The number of para-hydroxylation sites is 1. The standard InChI is InChI=1S/C16H17N3O2/c1-19-14-6-4-3-5-12(14)13(9-16(19)20)18-11-7-8-15(21-2)17-10-11/h3-8,10,13,18H,9H2,1-2H3. The molecule has 1 aliphatic rings. The van der Waals surface area contributed by atoms with E-state index in [9.17, 15) is 4.79 Å². The summed E-state index contributed by atoms with van der Waals surface area (Å²) in [6.45, 7) is 0. The molecule has 1 atom stereocenters. The van der Waals surface area contributed by atoms with Gasteiger partial charge in [0, 0.05) is 18.8 Å². The average molecular weight is 283 g/mol. The van der Waals surface area contributed by atoms with Crippen LogP contribution in [0.25, 0.3) is 0 Å². The van der Waals surface area contributed by atoms with Crippen LogP contribution in [-0.2, 0) is 4.79 Å². The number of rotatable bonds is 3. The number of methoxy groups -OCH3 is 1. The highest BCUT2D eigenvalue weighted by Gasteiger charge is 2.28. The Balaban J connectivity index is 1.88. The van der Waals surface area contributed by atoms with Crippen LogP contribution in [0.4, 0.5) is 11.4 Å². The largest absolute Gasteiger partial charge is 0.481 e. The normalized spacial score (nSPS) is 17.3. The van der Waals surface area contributed by atoms with Crippen molar-refractivity contribution in [1.82, 2.24) is 4.98 Å². The molecule has 21 heavy (non-hydrogen) atoms. The van der Waals surface area contributed by atoms with Crippen molar-refractivity contribution in [3.05, 3.63) is 48.2 Å². The highest BCUT2D eigenvalue weighted by atomic mass is 16.5. The van der Waals surface area contributed by atoms with Crippen molar-refractivity contribution in [2.75, 3.05) is 24.4 Å². The molecule has 5 heteroatoms. The van der Waals surface area contributed by atoms with Gasteiger partial charge in [-0.05, 0) is 17.7 Å². The number of hydrogen-bond acceptors (Lipinski definition) is 4. The smallest absolute Gasteiger partial charge is 0.229 e.